The Morgan fingerprint density at radius 2 is 2.00 bits per heavy atom. The van der Waals surface area contributed by atoms with Gasteiger partial charge < -0.3 is 4.74 Å². The molecular weight excluding hydrogens is 238 g/mol. The number of hydrogen-bond acceptors (Lipinski definition) is 3. The summed E-state index contributed by atoms with van der Waals surface area (Å²) in [6, 6.07) is 13.3. The summed E-state index contributed by atoms with van der Waals surface area (Å²) in [5, 5.41) is 0. The smallest absolute Gasteiger partial charge is 0.170 e. The van der Waals surface area contributed by atoms with E-state index in [0.717, 1.165) is 18.5 Å². The number of ether oxygens (including phenoxy) is 1. The van der Waals surface area contributed by atoms with Crippen molar-refractivity contribution in [1.29, 1.82) is 0 Å². The standard InChI is InChI=1S/C16H15NO2/c18-15-11-13(9-8-12-5-3-4-10-17-12)19-16-7-2-1-6-14(15)16/h1-7,10,13H,8-9,11H2/t13-/m1/s1. The first-order valence-corrected chi connectivity index (χ1v) is 6.52. The van der Waals surface area contributed by atoms with Crippen molar-refractivity contribution < 1.29 is 9.53 Å². The maximum atomic E-state index is 12.0. The fourth-order valence-electron chi connectivity index (χ4n) is 2.35. The molecule has 1 aromatic carbocycles. The van der Waals surface area contributed by atoms with Gasteiger partial charge in [0.15, 0.2) is 5.78 Å². The van der Waals surface area contributed by atoms with Gasteiger partial charge in [-0.3, -0.25) is 9.78 Å². The van der Waals surface area contributed by atoms with Crippen molar-refractivity contribution in [2.45, 2.75) is 25.4 Å². The molecule has 0 spiro atoms. The number of aryl methyl sites for hydroxylation is 1. The molecule has 0 fully saturated rings. The van der Waals surface area contributed by atoms with E-state index in [0.29, 0.717) is 17.7 Å². The molecule has 1 aromatic heterocycles. The highest BCUT2D eigenvalue weighted by atomic mass is 16.5. The molecule has 19 heavy (non-hydrogen) atoms. The molecular formula is C16H15NO2. The van der Waals surface area contributed by atoms with Crippen molar-refractivity contribution in [2.24, 2.45) is 0 Å². The first-order valence-electron chi connectivity index (χ1n) is 6.52. The SMILES string of the molecule is O=C1C[C@@H](CCc2ccccn2)Oc2ccccc21. The summed E-state index contributed by atoms with van der Waals surface area (Å²) < 4.78 is 5.88. The minimum Gasteiger partial charge on any atom is -0.489 e. The van der Waals surface area contributed by atoms with Gasteiger partial charge in [0.1, 0.15) is 11.9 Å². The number of benzene rings is 1. The van der Waals surface area contributed by atoms with Crippen molar-refractivity contribution in [3.05, 3.63) is 59.9 Å². The highest BCUT2D eigenvalue weighted by Crippen LogP contribution is 2.28. The van der Waals surface area contributed by atoms with Gasteiger partial charge in [0, 0.05) is 18.3 Å². The van der Waals surface area contributed by atoms with Crippen LogP contribution in [-0.2, 0) is 6.42 Å². The van der Waals surface area contributed by atoms with Crippen molar-refractivity contribution in [1.82, 2.24) is 4.98 Å². The summed E-state index contributed by atoms with van der Waals surface area (Å²) in [5.41, 5.74) is 1.74. The molecule has 3 heteroatoms. The molecule has 2 aromatic rings. The maximum Gasteiger partial charge on any atom is 0.170 e. The van der Waals surface area contributed by atoms with Gasteiger partial charge in [0.2, 0.25) is 0 Å². The zero-order valence-corrected chi connectivity index (χ0v) is 10.6. The average Bonchev–Trinajstić information content (AvgIpc) is 2.46. The normalized spacial score (nSPS) is 17.7. The summed E-state index contributed by atoms with van der Waals surface area (Å²) in [4.78, 5) is 16.3. The Bertz CT molecular complexity index is 580. The van der Waals surface area contributed by atoms with Crippen LogP contribution in [0.2, 0.25) is 0 Å². The average molecular weight is 253 g/mol. The predicted molar refractivity (Wildman–Crippen MR) is 72.4 cm³/mol. The van der Waals surface area contributed by atoms with Crippen molar-refractivity contribution in [3.8, 4) is 5.75 Å². The molecule has 0 aliphatic carbocycles. The monoisotopic (exact) mass is 253 g/mol. The highest BCUT2D eigenvalue weighted by molar-refractivity contribution is 5.99. The number of fused-ring (bicyclic) bond motifs is 1. The predicted octanol–water partition coefficient (Wildman–Crippen LogP) is 3.05. The van der Waals surface area contributed by atoms with Crippen LogP contribution in [0.15, 0.2) is 48.7 Å². The molecule has 1 aliphatic heterocycles. The van der Waals surface area contributed by atoms with Crippen LogP contribution in [-0.4, -0.2) is 16.9 Å². The van der Waals surface area contributed by atoms with E-state index in [4.69, 9.17) is 4.74 Å². The number of rotatable bonds is 3. The second kappa shape index (κ2) is 5.22. The molecule has 0 amide bonds. The van der Waals surface area contributed by atoms with Gasteiger partial charge in [-0.25, -0.2) is 0 Å². The van der Waals surface area contributed by atoms with Gasteiger partial charge in [-0.1, -0.05) is 18.2 Å². The number of carbonyl (C=O) groups excluding carboxylic acids is 1. The first kappa shape index (κ1) is 11.9. The van der Waals surface area contributed by atoms with E-state index < -0.39 is 0 Å². The van der Waals surface area contributed by atoms with Gasteiger partial charge in [-0.2, -0.15) is 0 Å². The van der Waals surface area contributed by atoms with E-state index >= 15 is 0 Å². The third kappa shape index (κ3) is 2.65. The molecule has 0 bridgehead atoms. The van der Waals surface area contributed by atoms with E-state index in [1.807, 2.05) is 42.5 Å². The van der Waals surface area contributed by atoms with Crippen LogP contribution in [0.5, 0.6) is 5.75 Å². The largest absolute Gasteiger partial charge is 0.489 e. The van der Waals surface area contributed by atoms with Crippen molar-refractivity contribution in [2.75, 3.05) is 0 Å². The fraction of sp³-hybridized carbons (Fsp3) is 0.250. The van der Waals surface area contributed by atoms with Crippen molar-refractivity contribution in [3.63, 3.8) is 0 Å². The van der Waals surface area contributed by atoms with E-state index in [-0.39, 0.29) is 11.9 Å². The number of aromatic nitrogens is 1. The number of nitrogens with zero attached hydrogens (tertiary/aromatic N) is 1. The molecule has 96 valence electrons. The molecule has 0 saturated heterocycles. The highest BCUT2D eigenvalue weighted by Gasteiger charge is 2.25. The lowest BCUT2D eigenvalue weighted by atomic mass is 9.98. The lowest BCUT2D eigenvalue weighted by Crippen LogP contribution is -2.27. The number of Topliss-reactive ketones (excluding diaryl/α,β-unsaturated/α-hetero) is 1. The lowest BCUT2D eigenvalue weighted by Gasteiger charge is -2.25. The minimum atomic E-state index is -0.0376. The summed E-state index contributed by atoms with van der Waals surface area (Å²) in [5.74, 6) is 0.887. The molecule has 0 saturated carbocycles. The fourth-order valence-corrected chi connectivity index (χ4v) is 2.35. The molecule has 0 N–H and O–H groups in total. The van der Waals surface area contributed by atoms with Gasteiger partial charge in [-0.05, 0) is 37.1 Å². The minimum absolute atomic E-state index is 0.0376. The van der Waals surface area contributed by atoms with Crippen LogP contribution in [0.4, 0.5) is 0 Å². The Kier molecular flexibility index (Phi) is 3.27. The number of para-hydroxylation sites is 1. The molecule has 0 unspecified atom stereocenters. The molecule has 2 heterocycles. The molecule has 1 atom stereocenters. The number of carbonyl (C=O) groups is 1. The number of pyridine rings is 1. The second-order valence-electron chi connectivity index (χ2n) is 4.72. The Balaban J connectivity index is 1.67. The van der Waals surface area contributed by atoms with Crippen LogP contribution in [0.3, 0.4) is 0 Å². The van der Waals surface area contributed by atoms with Gasteiger partial charge in [-0.15, -0.1) is 0 Å². The van der Waals surface area contributed by atoms with Gasteiger partial charge in [0.25, 0.3) is 0 Å². The molecule has 0 radical (unpaired) electrons. The van der Waals surface area contributed by atoms with Gasteiger partial charge >= 0.3 is 0 Å². The second-order valence-corrected chi connectivity index (χ2v) is 4.72. The summed E-state index contributed by atoms with van der Waals surface area (Å²) in [7, 11) is 0. The van der Waals surface area contributed by atoms with Crippen molar-refractivity contribution >= 4 is 5.78 Å². The van der Waals surface area contributed by atoms with Gasteiger partial charge in [0.05, 0.1) is 5.56 Å². The zero-order chi connectivity index (χ0) is 13.1. The number of ketones is 1. The first-order chi connectivity index (χ1) is 9.33. The summed E-state index contributed by atoms with van der Waals surface area (Å²) in [6.07, 6.45) is 3.86. The van der Waals surface area contributed by atoms with Crippen LogP contribution in [0.1, 0.15) is 28.9 Å². The zero-order valence-electron chi connectivity index (χ0n) is 10.6. The Morgan fingerprint density at radius 3 is 2.84 bits per heavy atom. The Hall–Kier alpha value is -2.16. The number of hydrogen-bond donors (Lipinski definition) is 0. The van der Waals surface area contributed by atoms with E-state index in [1.165, 1.54) is 0 Å². The molecule has 3 rings (SSSR count). The van der Waals surface area contributed by atoms with Crippen LogP contribution in [0.25, 0.3) is 0 Å². The van der Waals surface area contributed by atoms with Crippen LogP contribution < -0.4 is 4.74 Å². The molecule has 1 aliphatic rings. The lowest BCUT2D eigenvalue weighted by molar-refractivity contribution is 0.0839. The quantitative estimate of drug-likeness (QED) is 0.844. The van der Waals surface area contributed by atoms with E-state index in [2.05, 4.69) is 4.98 Å². The van der Waals surface area contributed by atoms with Crippen LogP contribution in [0, 0.1) is 0 Å². The Morgan fingerprint density at radius 1 is 1.16 bits per heavy atom. The van der Waals surface area contributed by atoms with Crippen LogP contribution >= 0.6 is 0 Å². The maximum absolute atomic E-state index is 12.0. The summed E-state index contributed by atoms with van der Waals surface area (Å²) >= 11 is 0. The third-order valence-corrected chi connectivity index (χ3v) is 3.34. The third-order valence-electron chi connectivity index (χ3n) is 3.34. The summed E-state index contributed by atoms with van der Waals surface area (Å²) in [6.45, 7) is 0. The Labute approximate surface area is 112 Å². The van der Waals surface area contributed by atoms with E-state index in [9.17, 15) is 4.79 Å². The van der Waals surface area contributed by atoms with E-state index in [1.54, 1.807) is 6.20 Å². The topological polar surface area (TPSA) is 39.2 Å². The molecule has 3 nitrogen and oxygen atoms in total.